The molecule has 5 heteroatoms. The first-order chi connectivity index (χ1) is 10.6. The number of carbonyl (C=O) groups is 1. The quantitative estimate of drug-likeness (QED) is 0.778. The molecule has 1 aliphatic heterocycles. The van der Waals surface area contributed by atoms with E-state index >= 15 is 0 Å². The Labute approximate surface area is 133 Å². The number of hydrogen-bond acceptors (Lipinski definition) is 3. The number of aromatic nitrogens is 2. The van der Waals surface area contributed by atoms with E-state index in [-0.39, 0.29) is 5.91 Å². The van der Waals surface area contributed by atoms with Crippen molar-refractivity contribution < 1.29 is 9.53 Å². The van der Waals surface area contributed by atoms with Gasteiger partial charge in [-0.3, -0.25) is 9.48 Å². The summed E-state index contributed by atoms with van der Waals surface area (Å²) in [6, 6.07) is 2.07. The molecule has 0 spiro atoms. The third-order valence-electron chi connectivity index (χ3n) is 4.35. The Kier molecular flexibility index (Phi) is 6.43. The van der Waals surface area contributed by atoms with Gasteiger partial charge in [0.1, 0.15) is 0 Å². The zero-order valence-corrected chi connectivity index (χ0v) is 14.2. The van der Waals surface area contributed by atoms with Crippen molar-refractivity contribution in [1.29, 1.82) is 0 Å². The lowest BCUT2D eigenvalue weighted by Crippen LogP contribution is -2.31. The van der Waals surface area contributed by atoms with E-state index in [1.807, 2.05) is 23.6 Å². The van der Waals surface area contributed by atoms with Gasteiger partial charge in [0.05, 0.1) is 11.8 Å². The zero-order chi connectivity index (χ0) is 15.9. The van der Waals surface area contributed by atoms with Crippen molar-refractivity contribution in [2.45, 2.75) is 65.0 Å². The van der Waals surface area contributed by atoms with Gasteiger partial charge < -0.3 is 9.64 Å². The van der Waals surface area contributed by atoms with Crippen LogP contribution in [0.3, 0.4) is 0 Å². The van der Waals surface area contributed by atoms with Crippen LogP contribution in [-0.2, 0) is 16.1 Å². The van der Waals surface area contributed by atoms with E-state index in [0.717, 1.165) is 50.3 Å². The Morgan fingerprint density at radius 2 is 2.27 bits per heavy atom. The molecule has 0 aliphatic carbocycles. The number of hydrogen-bond donors (Lipinski definition) is 0. The number of carbonyl (C=O) groups excluding carboxylic acids is 1. The molecule has 2 heterocycles. The Balaban J connectivity index is 1.64. The summed E-state index contributed by atoms with van der Waals surface area (Å²) in [5.41, 5.74) is 2.20. The molecule has 22 heavy (non-hydrogen) atoms. The lowest BCUT2D eigenvalue weighted by molar-refractivity contribution is -0.130. The van der Waals surface area contributed by atoms with Crippen LogP contribution < -0.4 is 0 Å². The van der Waals surface area contributed by atoms with E-state index in [1.165, 1.54) is 12.8 Å². The molecule has 1 aromatic rings. The largest absolute Gasteiger partial charge is 0.378 e. The maximum atomic E-state index is 12.2. The first-order valence-electron chi connectivity index (χ1n) is 8.43. The average molecular weight is 307 g/mol. The molecule has 1 atom stereocenters. The number of amides is 1. The summed E-state index contributed by atoms with van der Waals surface area (Å²) < 4.78 is 7.70. The standard InChI is InChI=1S/C17H29N3O2/c1-14-13-15(2)20(18-14)10-6-8-17(21)19(3)11-9-16-7-4-5-12-22-16/h13,16H,4-12H2,1-3H3/t16-/m0/s1. The summed E-state index contributed by atoms with van der Waals surface area (Å²) in [6.07, 6.45) is 6.30. The average Bonchev–Trinajstić information content (AvgIpc) is 2.83. The van der Waals surface area contributed by atoms with Gasteiger partial charge in [-0.25, -0.2) is 0 Å². The van der Waals surface area contributed by atoms with Crippen LogP contribution in [0.5, 0.6) is 0 Å². The van der Waals surface area contributed by atoms with Crippen molar-refractivity contribution in [1.82, 2.24) is 14.7 Å². The van der Waals surface area contributed by atoms with Gasteiger partial charge in [-0.1, -0.05) is 0 Å². The Bertz CT molecular complexity index is 478. The van der Waals surface area contributed by atoms with Gasteiger partial charge >= 0.3 is 0 Å². The molecule has 2 rings (SSSR count). The minimum absolute atomic E-state index is 0.220. The second-order valence-electron chi connectivity index (χ2n) is 6.35. The maximum absolute atomic E-state index is 12.2. The Morgan fingerprint density at radius 3 is 2.91 bits per heavy atom. The van der Waals surface area contributed by atoms with Gasteiger partial charge in [-0.15, -0.1) is 0 Å². The second-order valence-corrected chi connectivity index (χ2v) is 6.35. The van der Waals surface area contributed by atoms with Gasteiger partial charge in [0.25, 0.3) is 0 Å². The zero-order valence-electron chi connectivity index (χ0n) is 14.2. The van der Waals surface area contributed by atoms with E-state index in [0.29, 0.717) is 12.5 Å². The van der Waals surface area contributed by atoms with Crippen LogP contribution in [0.15, 0.2) is 6.07 Å². The molecule has 124 valence electrons. The first-order valence-corrected chi connectivity index (χ1v) is 8.43. The van der Waals surface area contributed by atoms with Crippen LogP contribution in [0.4, 0.5) is 0 Å². The smallest absolute Gasteiger partial charge is 0.222 e. The fourth-order valence-electron chi connectivity index (χ4n) is 2.97. The number of aryl methyl sites for hydroxylation is 3. The van der Waals surface area contributed by atoms with Gasteiger partial charge in [-0.05, 0) is 52.0 Å². The third kappa shape index (κ3) is 5.13. The predicted molar refractivity (Wildman–Crippen MR) is 86.8 cm³/mol. The lowest BCUT2D eigenvalue weighted by atomic mass is 10.1. The molecule has 1 fully saturated rings. The van der Waals surface area contributed by atoms with Gasteiger partial charge in [0.2, 0.25) is 5.91 Å². The monoisotopic (exact) mass is 307 g/mol. The van der Waals surface area contributed by atoms with Crippen molar-refractivity contribution in [3.8, 4) is 0 Å². The molecule has 5 nitrogen and oxygen atoms in total. The molecule has 0 bridgehead atoms. The van der Waals surface area contributed by atoms with E-state index in [4.69, 9.17) is 4.74 Å². The van der Waals surface area contributed by atoms with Crippen molar-refractivity contribution >= 4 is 5.91 Å². The van der Waals surface area contributed by atoms with Crippen LogP contribution in [-0.4, -0.2) is 46.9 Å². The highest BCUT2D eigenvalue weighted by Crippen LogP contribution is 2.16. The van der Waals surface area contributed by atoms with E-state index in [1.54, 1.807) is 0 Å². The number of rotatable bonds is 7. The predicted octanol–water partition coefficient (Wildman–Crippen LogP) is 2.70. The van der Waals surface area contributed by atoms with E-state index in [9.17, 15) is 4.79 Å². The molecule has 0 aromatic carbocycles. The molecule has 1 amide bonds. The van der Waals surface area contributed by atoms with Crippen molar-refractivity contribution in [3.63, 3.8) is 0 Å². The highest BCUT2D eigenvalue weighted by Gasteiger charge is 2.16. The molecule has 1 aromatic heterocycles. The van der Waals surface area contributed by atoms with Crippen LogP contribution in [0, 0.1) is 13.8 Å². The van der Waals surface area contributed by atoms with Gasteiger partial charge in [0.15, 0.2) is 0 Å². The van der Waals surface area contributed by atoms with Crippen molar-refractivity contribution in [3.05, 3.63) is 17.5 Å². The summed E-state index contributed by atoms with van der Waals surface area (Å²) in [5, 5.41) is 4.42. The molecule has 0 radical (unpaired) electrons. The highest BCUT2D eigenvalue weighted by molar-refractivity contribution is 5.75. The molecule has 1 aliphatic rings. The van der Waals surface area contributed by atoms with Crippen LogP contribution in [0.1, 0.15) is 49.9 Å². The normalized spacial score (nSPS) is 18.4. The summed E-state index contributed by atoms with van der Waals surface area (Å²) in [7, 11) is 1.90. The molecule has 0 N–H and O–H groups in total. The summed E-state index contributed by atoms with van der Waals surface area (Å²) in [4.78, 5) is 14.0. The van der Waals surface area contributed by atoms with Crippen LogP contribution >= 0.6 is 0 Å². The molecule has 0 unspecified atom stereocenters. The number of ether oxygens (including phenoxy) is 1. The second kappa shape index (κ2) is 8.32. The SMILES string of the molecule is Cc1cc(C)n(CCCC(=O)N(C)CC[C@@H]2CCCCO2)n1. The Hall–Kier alpha value is -1.36. The van der Waals surface area contributed by atoms with Crippen molar-refractivity contribution in [2.24, 2.45) is 0 Å². The lowest BCUT2D eigenvalue weighted by Gasteiger charge is -2.25. The summed E-state index contributed by atoms with van der Waals surface area (Å²) in [6.45, 7) is 6.53. The van der Waals surface area contributed by atoms with Crippen LogP contribution in [0.2, 0.25) is 0 Å². The van der Waals surface area contributed by atoms with E-state index in [2.05, 4.69) is 18.1 Å². The Morgan fingerprint density at radius 1 is 1.45 bits per heavy atom. The summed E-state index contributed by atoms with van der Waals surface area (Å²) >= 11 is 0. The molecular weight excluding hydrogens is 278 g/mol. The molecular formula is C17H29N3O2. The molecule has 0 saturated carbocycles. The summed E-state index contributed by atoms with van der Waals surface area (Å²) in [5.74, 6) is 0.220. The van der Waals surface area contributed by atoms with Crippen molar-refractivity contribution in [2.75, 3.05) is 20.2 Å². The number of nitrogens with zero attached hydrogens (tertiary/aromatic N) is 3. The highest BCUT2D eigenvalue weighted by atomic mass is 16.5. The van der Waals surface area contributed by atoms with Gasteiger partial charge in [-0.2, -0.15) is 5.10 Å². The minimum atomic E-state index is 0.220. The van der Waals surface area contributed by atoms with Crippen LogP contribution in [0.25, 0.3) is 0 Å². The van der Waals surface area contributed by atoms with Gasteiger partial charge in [0, 0.05) is 38.9 Å². The minimum Gasteiger partial charge on any atom is -0.378 e. The first kappa shape index (κ1) is 17.0. The molecule has 1 saturated heterocycles. The van der Waals surface area contributed by atoms with E-state index < -0.39 is 0 Å². The maximum Gasteiger partial charge on any atom is 0.222 e. The fraction of sp³-hybridized carbons (Fsp3) is 0.765. The third-order valence-corrected chi connectivity index (χ3v) is 4.35. The fourth-order valence-corrected chi connectivity index (χ4v) is 2.97. The topological polar surface area (TPSA) is 47.4 Å².